The molecule has 0 unspecified atom stereocenters. The first kappa shape index (κ1) is 24.3. The quantitative estimate of drug-likeness (QED) is 0.392. The highest BCUT2D eigenvalue weighted by Gasteiger charge is 2.33. The largest absolute Gasteiger partial charge is 0.482 e. The van der Waals surface area contributed by atoms with E-state index in [-0.39, 0.29) is 12.5 Å². The molecule has 0 bridgehead atoms. The topological polar surface area (TPSA) is 55.8 Å². The van der Waals surface area contributed by atoms with Crippen LogP contribution in [0.2, 0.25) is 0 Å². The number of halogens is 3. The molecule has 182 valence electrons. The van der Waals surface area contributed by atoms with Gasteiger partial charge in [0.2, 0.25) is 0 Å². The van der Waals surface area contributed by atoms with E-state index in [9.17, 15) is 22.8 Å². The van der Waals surface area contributed by atoms with Crippen molar-refractivity contribution in [3.05, 3.63) is 94.5 Å². The summed E-state index contributed by atoms with van der Waals surface area (Å²) in [6.07, 6.45) is -3.08. The fraction of sp³-hybridized carbons (Fsp3) is 0.259. The molecule has 1 aliphatic heterocycles. The molecule has 0 fully saturated rings. The van der Waals surface area contributed by atoms with E-state index in [0.717, 1.165) is 28.8 Å². The highest BCUT2D eigenvalue weighted by Crippen LogP contribution is 2.34. The van der Waals surface area contributed by atoms with E-state index in [1.807, 2.05) is 30.3 Å². The first-order chi connectivity index (χ1) is 16.8. The lowest BCUT2D eigenvalue weighted by atomic mass is 9.97. The van der Waals surface area contributed by atoms with Gasteiger partial charge in [0.05, 0.1) is 18.7 Å². The van der Waals surface area contributed by atoms with Gasteiger partial charge in [-0.05, 0) is 78.9 Å². The molecule has 0 spiro atoms. The molecule has 0 radical (unpaired) electrons. The zero-order valence-corrected chi connectivity index (χ0v) is 19.1. The Morgan fingerprint density at radius 1 is 1.00 bits per heavy atom. The van der Waals surface area contributed by atoms with E-state index in [2.05, 4.69) is 0 Å². The Morgan fingerprint density at radius 2 is 1.74 bits per heavy atom. The molecule has 5 nitrogen and oxygen atoms in total. The van der Waals surface area contributed by atoms with Crippen LogP contribution in [0, 0.1) is 0 Å². The molecular formula is C27H24F3NO4. The Labute approximate surface area is 201 Å². The molecule has 0 aromatic heterocycles. The summed E-state index contributed by atoms with van der Waals surface area (Å²) < 4.78 is 49.0. The van der Waals surface area contributed by atoms with Gasteiger partial charge in [-0.25, -0.2) is 4.79 Å². The summed E-state index contributed by atoms with van der Waals surface area (Å²) in [5.41, 5.74) is 3.13. The van der Waals surface area contributed by atoms with Gasteiger partial charge in [-0.15, -0.1) is 0 Å². The van der Waals surface area contributed by atoms with Crippen LogP contribution in [0.1, 0.15) is 39.5 Å². The van der Waals surface area contributed by atoms with Crippen molar-refractivity contribution < 1.29 is 32.2 Å². The molecule has 35 heavy (non-hydrogen) atoms. The zero-order valence-electron chi connectivity index (χ0n) is 19.1. The predicted molar refractivity (Wildman–Crippen MR) is 124 cm³/mol. The van der Waals surface area contributed by atoms with E-state index >= 15 is 0 Å². The lowest BCUT2D eigenvalue weighted by Gasteiger charge is -2.17. The van der Waals surface area contributed by atoms with Crippen LogP contribution < -0.4 is 9.64 Å². The SMILES string of the molecule is CCOC(=O)COc1cccc(CCc2cccc3c2CN(c2ccc(C(F)(F)F)cc2)C3=O)c1. The Hall–Kier alpha value is -3.81. The molecule has 1 heterocycles. The molecule has 8 heteroatoms. The number of hydrogen-bond acceptors (Lipinski definition) is 4. The monoisotopic (exact) mass is 483 g/mol. The van der Waals surface area contributed by atoms with Gasteiger partial charge in [-0.3, -0.25) is 4.79 Å². The van der Waals surface area contributed by atoms with Gasteiger partial charge >= 0.3 is 12.1 Å². The standard InChI is InChI=1S/C27H24F3NO4/c1-2-34-25(32)17-35-22-7-3-5-18(15-22)9-10-19-6-4-8-23-24(19)16-31(26(23)33)21-13-11-20(12-14-21)27(28,29)30/h3-8,11-15H,2,9-10,16-17H2,1H3. The predicted octanol–water partition coefficient (Wildman–Crippen LogP) is 5.59. The molecule has 3 aromatic rings. The zero-order chi connectivity index (χ0) is 25.0. The molecule has 1 amide bonds. The van der Waals surface area contributed by atoms with E-state index in [1.54, 1.807) is 19.1 Å². The van der Waals surface area contributed by atoms with Crippen LogP contribution in [0.15, 0.2) is 66.7 Å². The number of rotatable bonds is 8. The fourth-order valence-corrected chi connectivity index (χ4v) is 4.08. The Balaban J connectivity index is 1.45. The maximum atomic E-state index is 13.0. The minimum absolute atomic E-state index is 0.161. The number of carbonyl (C=O) groups excluding carboxylic acids is 2. The summed E-state index contributed by atoms with van der Waals surface area (Å²) in [6, 6.07) is 17.6. The molecule has 0 saturated carbocycles. The number of aryl methyl sites for hydroxylation is 2. The minimum Gasteiger partial charge on any atom is -0.482 e. The van der Waals surface area contributed by atoms with Crippen molar-refractivity contribution in [3.63, 3.8) is 0 Å². The van der Waals surface area contributed by atoms with Crippen molar-refractivity contribution in [2.24, 2.45) is 0 Å². The van der Waals surface area contributed by atoms with Crippen LogP contribution >= 0.6 is 0 Å². The van der Waals surface area contributed by atoms with Gasteiger partial charge in [-0.2, -0.15) is 13.2 Å². The first-order valence-corrected chi connectivity index (χ1v) is 11.2. The van der Waals surface area contributed by atoms with E-state index in [1.165, 1.54) is 17.0 Å². The van der Waals surface area contributed by atoms with Crippen molar-refractivity contribution in [3.8, 4) is 5.75 Å². The van der Waals surface area contributed by atoms with Crippen molar-refractivity contribution in [1.29, 1.82) is 0 Å². The van der Waals surface area contributed by atoms with Crippen LogP contribution in [0.3, 0.4) is 0 Å². The summed E-state index contributed by atoms with van der Waals surface area (Å²) >= 11 is 0. The average Bonchev–Trinajstić information content (AvgIpc) is 3.18. The van der Waals surface area contributed by atoms with Crippen LogP contribution in [0.4, 0.5) is 18.9 Å². The average molecular weight is 483 g/mol. The molecular weight excluding hydrogens is 459 g/mol. The molecule has 1 aliphatic rings. The number of benzene rings is 3. The maximum Gasteiger partial charge on any atom is 0.416 e. The number of anilines is 1. The number of carbonyl (C=O) groups is 2. The van der Waals surface area contributed by atoms with Crippen LogP contribution in [-0.2, 0) is 35.1 Å². The number of ether oxygens (including phenoxy) is 2. The normalized spacial score (nSPS) is 13.0. The highest BCUT2D eigenvalue weighted by atomic mass is 19.4. The number of fused-ring (bicyclic) bond motifs is 1. The van der Waals surface area contributed by atoms with Crippen LogP contribution in [0.5, 0.6) is 5.75 Å². The second-order valence-corrected chi connectivity index (χ2v) is 8.12. The van der Waals surface area contributed by atoms with E-state index in [0.29, 0.717) is 43.0 Å². The van der Waals surface area contributed by atoms with Gasteiger partial charge in [0.15, 0.2) is 6.61 Å². The van der Waals surface area contributed by atoms with E-state index < -0.39 is 17.7 Å². The Kier molecular flexibility index (Phi) is 7.10. The van der Waals surface area contributed by atoms with Crippen molar-refractivity contribution in [2.45, 2.75) is 32.5 Å². The molecule has 4 rings (SSSR count). The number of nitrogens with zero attached hydrogens (tertiary/aromatic N) is 1. The molecule has 0 N–H and O–H groups in total. The molecule has 0 atom stereocenters. The summed E-state index contributed by atoms with van der Waals surface area (Å²) in [7, 11) is 0. The lowest BCUT2D eigenvalue weighted by Crippen LogP contribution is -2.23. The third-order valence-corrected chi connectivity index (χ3v) is 5.81. The van der Waals surface area contributed by atoms with Crippen molar-refractivity contribution >= 4 is 17.6 Å². The number of alkyl halides is 3. The number of hydrogen-bond donors (Lipinski definition) is 0. The summed E-state index contributed by atoms with van der Waals surface area (Å²) in [6.45, 7) is 2.17. The molecule has 3 aromatic carbocycles. The van der Waals surface area contributed by atoms with Gasteiger partial charge in [0, 0.05) is 11.3 Å². The summed E-state index contributed by atoms with van der Waals surface area (Å²) in [5, 5.41) is 0. The Bertz CT molecular complexity index is 1220. The van der Waals surface area contributed by atoms with Crippen LogP contribution in [0.25, 0.3) is 0 Å². The molecule has 0 saturated heterocycles. The summed E-state index contributed by atoms with van der Waals surface area (Å²) in [4.78, 5) is 26.0. The van der Waals surface area contributed by atoms with E-state index in [4.69, 9.17) is 9.47 Å². The highest BCUT2D eigenvalue weighted by molar-refractivity contribution is 6.10. The van der Waals surface area contributed by atoms with Crippen molar-refractivity contribution in [1.82, 2.24) is 0 Å². The van der Waals surface area contributed by atoms with Crippen LogP contribution in [-0.4, -0.2) is 25.1 Å². The first-order valence-electron chi connectivity index (χ1n) is 11.2. The third-order valence-electron chi connectivity index (χ3n) is 5.81. The number of esters is 1. The summed E-state index contributed by atoms with van der Waals surface area (Å²) in [5.74, 6) is -0.0894. The Morgan fingerprint density at radius 3 is 2.46 bits per heavy atom. The molecule has 0 aliphatic carbocycles. The second kappa shape index (κ2) is 10.2. The van der Waals surface area contributed by atoms with Gasteiger partial charge in [0.1, 0.15) is 5.75 Å². The van der Waals surface area contributed by atoms with Gasteiger partial charge < -0.3 is 14.4 Å². The fourth-order valence-electron chi connectivity index (χ4n) is 4.08. The lowest BCUT2D eigenvalue weighted by molar-refractivity contribution is -0.145. The minimum atomic E-state index is -4.43. The third kappa shape index (κ3) is 5.65. The van der Waals surface area contributed by atoms with Gasteiger partial charge in [-0.1, -0.05) is 24.3 Å². The van der Waals surface area contributed by atoms with Crippen molar-refractivity contribution in [2.75, 3.05) is 18.1 Å². The maximum absolute atomic E-state index is 13.0. The number of amides is 1. The van der Waals surface area contributed by atoms with Gasteiger partial charge in [0.25, 0.3) is 5.91 Å². The smallest absolute Gasteiger partial charge is 0.416 e. The second-order valence-electron chi connectivity index (χ2n) is 8.12.